The largest absolute Gasteiger partial charge is 0.325 e. The van der Waals surface area contributed by atoms with Gasteiger partial charge in [-0.25, -0.2) is 0 Å². The number of amides is 3. The number of anilines is 2. The first kappa shape index (κ1) is 28.0. The molecule has 3 amide bonds. The van der Waals surface area contributed by atoms with E-state index in [-0.39, 0.29) is 17.4 Å². The average Bonchev–Trinajstić information content (AvgIpc) is 2.92. The van der Waals surface area contributed by atoms with Crippen molar-refractivity contribution in [1.82, 2.24) is 5.32 Å². The van der Waals surface area contributed by atoms with Crippen LogP contribution in [0.3, 0.4) is 0 Å². The van der Waals surface area contributed by atoms with Gasteiger partial charge in [-0.1, -0.05) is 77.8 Å². The van der Waals surface area contributed by atoms with E-state index >= 15 is 0 Å². The summed E-state index contributed by atoms with van der Waals surface area (Å²) in [5.41, 5.74) is 2.30. The number of carbonyl (C=O) groups excluding carboxylic acids is 3. The molecule has 9 heteroatoms. The standard InChI is InChI=1S/C30H23Cl2N3O3S/c31-22-15-23(32)17-25(16-22)33-28(36)19-39-26-13-7-12-24(18-26)34-30(38)27(14-20-8-3-1-4-9-20)35-29(37)21-10-5-2-6-11-21/h1-18H,19H2,(H,33,36)(H,34,38)(H,35,37)/b27-14-. The maximum Gasteiger partial charge on any atom is 0.272 e. The van der Waals surface area contributed by atoms with Crippen molar-refractivity contribution in [1.29, 1.82) is 0 Å². The van der Waals surface area contributed by atoms with E-state index in [0.29, 0.717) is 27.0 Å². The molecule has 196 valence electrons. The van der Waals surface area contributed by atoms with E-state index < -0.39 is 11.8 Å². The zero-order valence-electron chi connectivity index (χ0n) is 20.5. The first-order valence-electron chi connectivity index (χ1n) is 11.8. The molecule has 0 aliphatic carbocycles. The first-order valence-corrected chi connectivity index (χ1v) is 13.5. The summed E-state index contributed by atoms with van der Waals surface area (Å²) in [7, 11) is 0. The minimum absolute atomic E-state index is 0.0904. The number of halogens is 2. The first-order chi connectivity index (χ1) is 18.9. The maximum atomic E-state index is 13.2. The molecule has 0 fully saturated rings. The molecule has 0 aliphatic heterocycles. The lowest BCUT2D eigenvalue weighted by Crippen LogP contribution is -2.30. The number of carbonyl (C=O) groups is 3. The summed E-state index contributed by atoms with van der Waals surface area (Å²) in [4.78, 5) is 39.2. The number of thioether (sulfide) groups is 1. The molecular formula is C30H23Cl2N3O3S. The number of benzene rings is 4. The van der Waals surface area contributed by atoms with Crippen LogP contribution in [-0.2, 0) is 9.59 Å². The van der Waals surface area contributed by atoms with Crippen LogP contribution in [0.4, 0.5) is 11.4 Å². The highest BCUT2D eigenvalue weighted by Gasteiger charge is 2.15. The Morgan fingerprint density at radius 1 is 0.718 bits per heavy atom. The second-order valence-corrected chi connectivity index (χ2v) is 10.2. The summed E-state index contributed by atoms with van der Waals surface area (Å²) in [6, 6.07) is 29.8. The predicted molar refractivity (Wildman–Crippen MR) is 159 cm³/mol. The van der Waals surface area contributed by atoms with Crippen LogP contribution >= 0.6 is 35.0 Å². The van der Waals surface area contributed by atoms with Crippen molar-refractivity contribution in [2.24, 2.45) is 0 Å². The molecule has 0 atom stereocenters. The summed E-state index contributed by atoms with van der Waals surface area (Å²) in [5, 5.41) is 9.17. The Labute approximate surface area is 240 Å². The Hall–Kier alpha value is -4.04. The molecule has 0 unspecified atom stereocenters. The zero-order valence-corrected chi connectivity index (χ0v) is 22.8. The quantitative estimate of drug-likeness (QED) is 0.146. The van der Waals surface area contributed by atoms with Crippen LogP contribution in [-0.4, -0.2) is 23.5 Å². The highest BCUT2D eigenvalue weighted by molar-refractivity contribution is 8.00. The number of rotatable bonds is 9. The van der Waals surface area contributed by atoms with E-state index in [1.165, 1.54) is 11.8 Å². The molecule has 0 spiro atoms. The highest BCUT2D eigenvalue weighted by Crippen LogP contribution is 2.25. The van der Waals surface area contributed by atoms with E-state index in [2.05, 4.69) is 16.0 Å². The minimum atomic E-state index is -0.485. The normalized spacial score (nSPS) is 11.0. The van der Waals surface area contributed by atoms with Crippen LogP contribution in [0.5, 0.6) is 0 Å². The molecule has 4 aromatic carbocycles. The third kappa shape index (κ3) is 8.75. The van der Waals surface area contributed by atoms with E-state index in [9.17, 15) is 14.4 Å². The summed E-state index contributed by atoms with van der Waals surface area (Å²) < 4.78 is 0. The summed E-state index contributed by atoms with van der Waals surface area (Å²) in [5.74, 6) is -0.983. The van der Waals surface area contributed by atoms with Gasteiger partial charge in [-0.15, -0.1) is 11.8 Å². The molecule has 0 aromatic heterocycles. The fraction of sp³-hybridized carbons (Fsp3) is 0.0333. The van der Waals surface area contributed by atoms with Gasteiger partial charge >= 0.3 is 0 Å². The predicted octanol–water partition coefficient (Wildman–Crippen LogP) is 7.13. The molecule has 0 saturated carbocycles. The van der Waals surface area contributed by atoms with Crippen molar-refractivity contribution in [2.75, 3.05) is 16.4 Å². The van der Waals surface area contributed by atoms with E-state index in [4.69, 9.17) is 23.2 Å². The van der Waals surface area contributed by atoms with Crippen LogP contribution in [0.1, 0.15) is 15.9 Å². The Balaban J connectivity index is 1.43. The number of nitrogens with one attached hydrogen (secondary N) is 3. The van der Waals surface area contributed by atoms with Gasteiger partial charge in [0, 0.05) is 31.9 Å². The lowest BCUT2D eigenvalue weighted by Gasteiger charge is -2.12. The van der Waals surface area contributed by atoms with Crippen LogP contribution in [0.2, 0.25) is 10.0 Å². The zero-order chi connectivity index (χ0) is 27.6. The molecule has 0 heterocycles. The molecule has 0 aliphatic rings. The Morgan fingerprint density at radius 2 is 1.38 bits per heavy atom. The monoisotopic (exact) mass is 575 g/mol. The van der Waals surface area contributed by atoms with Crippen LogP contribution < -0.4 is 16.0 Å². The van der Waals surface area contributed by atoms with E-state index in [0.717, 1.165) is 10.5 Å². The third-order valence-electron chi connectivity index (χ3n) is 5.25. The topological polar surface area (TPSA) is 87.3 Å². The second kappa shape index (κ2) is 13.7. The van der Waals surface area contributed by atoms with Gasteiger partial charge in [0.15, 0.2) is 0 Å². The van der Waals surface area contributed by atoms with Gasteiger partial charge in [0.25, 0.3) is 11.8 Å². The third-order valence-corrected chi connectivity index (χ3v) is 6.68. The van der Waals surface area contributed by atoms with Gasteiger partial charge in [0.05, 0.1) is 5.75 Å². The Morgan fingerprint density at radius 3 is 2.08 bits per heavy atom. The van der Waals surface area contributed by atoms with E-state index in [1.54, 1.807) is 66.7 Å². The summed E-state index contributed by atoms with van der Waals surface area (Å²) >= 11 is 13.3. The smallest absolute Gasteiger partial charge is 0.272 e. The van der Waals surface area contributed by atoms with Crippen molar-refractivity contribution in [3.8, 4) is 0 Å². The molecule has 4 aromatic rings. The highest BCUT2D eigenvalue weighted by atomic mass is 35.5. The molecule has 39 heavy (non-hydrogen) atoms. The minimum Gasteiger partial charge on any atom is -0.325 e. The molecule has 0 bridgehead atoms. The van der Waals surface area contributed by atoms with E-state index in [1.807, 2.05) is 42.5 Å². The average molecular weight is 577 g/mol. The van der Waals surface area contributed by atoms with Crippen LogP contribution in [0.25, 0.3) is 6.08 Å². The van der Waals surface area contributed by atoms with Gasteiger partial charge in [0.2, 0.25) is 5.91 Å². The summed E-state index contributed by atoms with van der Waals surface area (Å²) in [6.07, 6.45) is 1.61. The molecule has 0 radical (unpaired) electrons. The SMILES string of the molecule is O=C(CSc1cccc(NC(=O)/C(=C/c2ccccc2)NC(=O)c2ccccc2)c1)Nc1cc(Cl)cc(Cl)c1. The van der Waals surface area contributed by atoms with Gasteiger partial charge in [-0.3, -0.25) is 14.4 Å². The molecule has 0 saturated heterocycles. The molecule has 6 nitrogen and oxygen atoms in total. The van der Waals surface area contributed by atoms with Crippen molar-refractivity contribution in [2.45, 2.75) is 4.90 Å². The Kier molecular flexibility index (Phi) is 9.80. The number of hydrogen-bond donors (Lipinski definition) is 3. The second-order valence-electron chi connectivity index (χ2n) is 8.27. The van der Waals surface area contributed by atoms with Crippen molar-refractivity contribution >= 4 is 70.1 Å². The van der Waals surface area contributed by atoms with Gasteiger partial charge in [-0.05, 0) is 60.2 Å². The molecule has 3 N–H and O–H groups in total. The van der Waals surface area contributed by atoms with Crippen LogP contribution in [0, 0.1) is 0 Å². The lowest BCUT2D eigenvalue weighted by atomic mass is 10.1. The van der Waals surface area contributed by atoms with Gasteiger partial charge in [0.1, 0.15) is 5.70 Å². The fourth-order valence-corrected chi connectivity index (χ4v) is 4.77. The lowest BCUT2D eigenvalue weighted by molar-refractivity contribution is -0.114. The summed E-state index contributed by atoms with van der Waals surface area (Å²) in [6.45, 7) is 0. The molecule has 4 rings (SSSR count). The van der Waals surface area contributed by atoms with Crippen molar-refractivity contribution in [3.63, 3.8) is 0 Å². The van der Waals surface area contributed by atoms with Crippen LogP contribution in [0.15, 0.2) is 114 Å². The Bertz CT molecular complexity index is 1490. The van der Waals surface area contributed by atoms with Crippen molar-refractivity contribution < 1.29 is 14.4 Å². The van der Waals surface area contributed by atoms with Gasteiger partial charge < -0.3 is 16.0 Å². The number of hydrogen-bond acceptors (Lipinski definition) is 4. The maximum absolute atomic E-state index is 13.2. The van der Waals surface area contributed by atoms with Crippen molar-refractivity contribution in [3.05, 3.63) is 130 Å². The van der Waals surface area contributed by atoms with Gasteiger partial charge in [-0.2, -0.15) is 0 Å². The fourth-order valence-electron chi connectivity index (χ4n) is 3.49. The molecular weight excluding hydrogens is 553 g/mol.